The molecule has 2 radical (unpaired) electrons. The van der Waals surface area contributed by atoms with E-state index in [1.807, 2.05) is 0 Å². The fraction of sp³-hybridized carbons (Fsp3) is 0.0667. The van der Waals surface area contributed by atoms with Gasteiger partial charge in [-0.05, 0) is 0 Å². The Morgan fingerprint density at radius 2 is 0.625 bits per heavy atom. The van der Waals surface area contributed by atoms with E-state index in [0.29, 0.717) is 0 Å². The normalized spacial score (nSPS) is 9.56. The third-order valence-corrected chi connectivity index (χ3v) is 5.05. The summed E-state index contributed by atoms with van der Waals surface area (Å²) in [6.07, 6.45) is 0. The molecule has 0 bridgehead atoms. The molecule has 158 valence electrons. The Bertz CT molecular complexity index is 1150. The van der Waals surface area contributed by atoms with Gasteiger partial charge in [0.25, 0.3) is 0 Å². The third kappa shape index (κ3) is 5.86. The van der Waals surface area contributed by atoms with Crippen LogP contribution in [0.3, 0.4) is 0 Å². The van der Waals surface area contributed by atoms with Crippen molar-refractivity contribution in [3.63, 3.8) is 0 Å². The SMILES string of the molecule is C[Si]C.[CH3-].[CH3-].[Ti+4].c1ccc2c(c1)[cH-]c1ccccc12.c1ccc2c(c1)[cH-]c1ccccc12. The number of fused-ring (bicyclic) bond motifs is 6. The predicted molar refractivity (Wildman–Crippen MR) is 144 cm³/mol. The van der Waals surface area contributed by atoms with Crippen LogP contribution in [0, 0.1) is 14.9 Å². The molecule has 32 heavy (non-hydrogen) atoms. The van der Waals surface area contributed by atoms with E-state index in [-0.39, 0.29) is 36.6 Å². The molecule has 0 saturated carbocycles. The molecule has 0 spiro atoms. The molecule has 0 unspecified atom stereocenters. The first-order chi connectivity index (χ1) is 14.3. The van der Waals surface area contributed by atoms with Crippen LogP contribution in [0.1, 0.15) is 0 Å². The van der Waals surface area contributed by atoms with Crippen molar-refractivity contribution in [1.29, 1.82) is 0 Å². The van der Waals surface area contributed by atoms with E-state index in [4.69, 9.17) is 0 Å². The maximum atomic E-state index is 2.24. The van der Waals surface area contributed by atoms with Crippen LogP contribution >= 0.6 is 0 Å². The molecule has 0 fully saturated rings. The molecule has 6 aromatic carbocycles. The molecule has 0 heterocycles. The number of rotatable bonds is 0. The first kappa shape index (κ1) is 27.6. The summed E-state index contributed by atoms with van der Waals surface area (Å²) in [6, 6.07) is 38.5. The van der Waals surface area contributed by atoms with Gasteiger partial charge in [-0.3, -0.25) is 0 Å². The van der Waals surface area contributed by atoms with E-state index in [0.717, 1.165) is 9.52 Å². The molecule has 0 aliphatic heterocycles. The minimum atomic E-state index is 0. The minimum Gasteiger partial charge on any atom is -0.358 e. The van der Waals surface area contributed by atoms with Gasteiger partial charge in [-0.25, -0.2) is 0 Å². The van der Waals surface area contributed by atoms with Gasteiger partial charge < -0.3 is 14.9 Å². The van der Waals surface area contributed by atoms with Gasteiger partial charge in [-0.1, -0.05) is 85.9 Å². The zero-order chi connectivity index (χ0) is 20.1. The molecule has 0 nitrogen and oxygen atoms in total. The van der Waals surface area contributed by atoms with Gasteiger partial charge in [0, 0.05) is 9.52 Å². The summed E-state index contributed by atoms with van der Waals surface area (Å²) < 4.78 is 0. The summed E-state index contributed by atoms with van der Waals surface area (Å²) in [5.41, 5.74) is 0. The molecule has 2 heteroatoms. The van der Waals surface area contributed by atoms with Crippen molar-refractivity contribution in [2.75, 3.05) is 0 Å². The Balaban J connectivity index is 0.000000264. The average Bonchev–Trinajstić information content (AvgIpc) is 3.33. The molecule has 0 aromatic heterocycles. The van der Waals surface area contributed by atoms with Gasteiger partial charge >= 0.3 is 21.7 Å². The Kier molecular flexibility index (Phi) is 11.4. The smallest absolute Gasteiger partial charge is 0.358 e. The van der Waals surface area contributed by atoms with Crippen molar-refractivity contribution in [3.8, 4) is 0 Å². The van der Waals surface area contributed by atoms with Gasteiger partial charge in [0.15, 0.2) is 0 Å². The van der Waals surface area contributed by atoms with E-state index in [1.165, 1.54) is 43.1 Å². The maximum Gasteiger partial charge on any atom is 4.00 e. The van der Waals surface area contributed by atoms with Gasteiger partial charge in [0.2, 0.25) is 0 Å². The average molecular weight is 467 g/mol. The van der Waals surface area contributed by atoms with Crippen molar-refractivity contribution >= 4 is 52.6 Å². The Morgan fingerprint density at radius 3 is 0.844 bits per heavy atom. The fourth-order valence-electron chi connectivity index (χ4n) is 3.81. The summed E-state index contributed by atoms with van der Waals surface area (Å²) in [5, 5.41) is 10.8. The molecule has 0 amide bonds. The Hall–Kier alpha value is -2.45. The molecule has 0 aliphatic carbocycles. The van der Waals surface area contributed by atoms with Crippen LogP contribution in [-0.2, 0) is 21.7 Å². The molecule has 0 aliphatic rings. The van der Waals surface area contributed by atoms with E-state index >= 15 is 0 Å². The molecule has 6 rings (SSSR count). The topological polar surface area (TPSA) is 0 Å². The zero-order valence-electron chi connectivity index (χ0n) is 19.4. The van der Waals surface area contributed by atoms with Crippen molar-refractivity contribution < 1.29 is 21.7 Å². The standard InChI is InChI=1S/2C13H9.C2H6Si.2CH3.Ti/c2*1-3-7-12-10(5-1)9-11-6-2-4-8-13(11)12;1-3-2;;;/h2*1-9H;1-2H3;2*1H3;/q2*-1;;2*-1;+4. The van der Waals surface area contributed by atoms with Gasteiger partial charge in [0.1, 0.15) is 0 Å². The predicted octanol–water partition coefficient (Wildman–Crippen LogP) is 9.11. The van der Waals surface area contributed by atoms with E-state index < -0.39 is 0 Å². The first-order valence-corrected chi connectivity index (χ1v) is 12.0. The van der Waals surface area contributed by atoms with Crippen LogP contribution in [-0.4, -0.2) is 9.52 Å². The van der Waals surface area contributed by atoms with Crippen LogP contribution in [0.2, 0.25) is 13.1 Å². The third-order valence-electron chi connectivity index (χ3n) is 5.05. The van der Waals surface area contributed by atoms with E-state index in [1.54, 1.807) is 0 Å². The second kappa shape index (κ2) is 13.2. The summed E-state index contributed by atoms with van der Waals surface area (Å²) in [5.74, 6) is 0. The van der Waals surface area contributed by atoms with E-state index in [9.17, 15) is 0 Å². The zero-order valence-corrected chi connectivity index (χ0v) is 22.0. The molecular weight excluding hydrogens is 436 g/mol. The summed E-state index contributed by atoms with van der Waals surface area (Å²) >= 11 is 0. The van der Waals surface area contributed by atoms with Crippen molar-refractivity contribution in [3.05, 3.63) is 124 Å². The second-order valence-corrected chi connectivity index (χ2v) is 8.14. The van der Waals surface area contributed by atoms with Crippen LogP contribution in [0.5, 0.6) is 0 Å². The summed E-state index contributed by atoms with van der Waals surface area (Å²) in [7, 11) is 1.08. The molecule has 0 saturated heterocycles. The van der Waals surface area contributed by atoms with Gasteiger partial charge in [-0.2, -0.15) is 0 Å². The van der Waals surface area contributed by atoms with Crippen LogP contribution in [0.25, 0.3) is 43.1 Å². The number of hydrogen-bond acceptors (Lipinski definition) is 0. The van der Waals surface area contributed by atoms with Crippen LogP contribution < -0.4 is 0 Å². The Labute approximate surface area is 210 Å². The van der Waals surface area contributed by atoms with Crippen molar-refractivity contribution in [1.82, 2.24) is 0 Å². The first-order valence-electron chi connectivity index (χ1n) is 9.96. The number of hydrogen-bond donors (Lipinski definition) is 0. The van der Waals surface area contributed by atoms with Crippen LogP contribution in [0.4, 0.5) is 0 Å². The summed E-state index contributed by atoms with van der Waals surface area (Å²) in [6.45, 7) is 4.31. The van der Waals surface area contributed by atoms with Gasteiger partial charge in [-0.15, -0.1) is 79.5 Å². The minimum absolute atomic E-state index is 0. The van der Waals surface area contributed by atoms with E-state index in [2.05, 4.69) is 122 Å². The fourth-order valence-corrected chi connectivity index (χ4v) is 3.81. The summed E-state index contributed by atoms with van der Waals surface area (Å²) in [4.78, 5) is 0. The van der Waals surface area contributed by atoms with Gasteiger partial charge in [0.05, 0.1) is 0 Å². The number of benzene rings is 4. The maximum absolute atomic E-state index is 2.24. The molecular formula is C30H30SiTi. The molecule has 0 N–H and O–H groups in total. The molecule has 6 aromatic rings. The monoisotopic (exact) mass is 466 g/mol. The Morgan fingerprint density at radius 1 is 0.438 bits per heavy atom. The van der Waals surface area contributed by atoms with Crippen LogP contribution in [0.15, 0.2) is 109 Å². The van der Waals surface area contributed by atoms with Crippen molar-refractivity contribution in [2.24, 2.45) is 0 Å². The van der Waals surface area contributed by atoms with Crippen molar-refractivity contribution in [2.45, 2.75) is 13.1 Å². The molecule has 0 atom stereocenters. The second-order valence-electron chi connectivity index (χ2n) is 7.14. The largest absolute Gasteiger partial charge is 4.00 e. The quantitative estimate of drug-likeness (QED) is 0.155.